The highest BCUT2D eigenvalue weighted by Gasteiger charge is 2.28. The molecule has 1 N–H and O–H groups in total. The van der Waals surface area contributed by atoms with Gasteiger partial charge in [0.1, 0.15) is 17.2 Å². The molecular formula is C20H25FN4O3. The Morgan fingerprint density at radius 2 is 1.54 bits per heavy atom. The van der Waals surface area contributed by atoms with E-state index in [9.17, 15) is 14.0 Å². The second-order valence-corrected chi connectivity index (χ2v) is 7.21. The Bertz CT molecular complexity index is 865. The predicted octanol–water partition coefficient (Wildman–Crippen LogP) is 0.492. The normalized spacial score (nSPS) is 18.6. The molecule has 2 fully saturated rings. The van der Waals surface area contributed by atoms with E-state index in [1.54, 1.807) is 12.1 Å². The number of halogens is 1. The summed E-state index contributed by atoms with van der Waals surface area (Å²) in [4.78, 5) is 30.6. The third kappa shape index (κ3) is 3.88. The second kappa shape index (κ2) is 8.28. The fraction of sp³-hybridized carbons (Fsp3) is 0.500. The largest absolute Gasteiger partial charge is 0.379 e. The van der Waals surface area contributed by atoms with Crippen LogP contribution in [0.25, 0.3) is 0 Å². The zero-order valence-corrected chi connectivity index (χ0v) is 15.8. The molecule has 0 saturated carbocycles. The molecule has 0 aliphatic carbocycles. The van der Waals surface area contributed by atoms with Gasteiger partial charge in [0.25, 0.3) is 10.9 Å². The molecule has 0 spiro atoms. The summed E-state index contributed by atoms with van der Waals surface area (Å²) >= 11 is 0. The van der Waals surface area contributed by atoms with Gasteiger partial charge in [-0.25, -0.2) is 4.39 Å². The Morgan fingerprint density at radius 1 is 0.893 bits per heavy atom. The van der Waals surface area contributed by atoms with Crippen molar-refractivity contribution in [2.24, 2.45) is 0 Å². The van der Waals surface area contributed by atoms with Crippen molar-refractivity contribution in [2.45, 2.75) is 0 Å². The van der Waals surface area contributed by atoms with E-state index in [1.807, 2.05) is 4.90 Å². The van der Waals surface area contributed by atoms with Crippen LogP contribution in [0.15, 0.2) is 33.9 Å². The Balaban J connectivity index is 1.33. The first kappa shape index (κ1) is 18.9. The third-order valence-corrected chi connectivity index (χ3v) is 5.51. The molecule has 0 radical (unpaired) electrons. The van der Waals surface area contributed by atoms with Crippen molar-refractivity contribution in [3.63, 3.8) is 0 Å². The molecule has 0 atom stereocenters. The summed E-state index contributed by atoms with van der Waals surface area (Å²) in [6, 6.07) is 6.44. The van der Waals surface area contributed by atoms with Gasteiger partial charge in [0.2, 0.25) is 0 Å². The van der Waals surface area contributed by atoms with Crippen molar-refractivity contribution >= 4 is 17.1 Å². The summed E-state index contributed by atoms with van der Waals surface area (Å²) in [5.41, 5.74) is 1.12. The summed E-state index contributed by atoms with van der Waals surface area (Å²) in [7, 11) is 0. The van der Waals surface area contributed by atoms with Gasteiger partial charge in [0, 0.05) is 58.0 Å². The summed E-state index contributed by atoms with van der Waals surface area (Å²) < 4.78 is 18.4. The standard InChI is InChI=1S/C20H25FN4O3/c21-15-1-3-16(4-2-15)24-7-9-25(10-8-24)18-17(19(26)20(18)27)22-5-6-23-11-13-28-14-12-23/h1-4,22H,5-14H2. The lowest BCUT2D eigenvalue weighted by atomic mass is 10.1. The van der Waals surface area contributed by atoms with E-state index in [0.717, 1.165) is 51.6 Å². The monoisotopic (exact) mass is 388 g/mol. The van der Waals surface area contributed by atoms with Crippen molar-refractivity contribution in [3.8, 4) is 0 Å². The fourth-order valence-electron chi connectivity index (χ4n) is 3.85. The first-order valence-electron chi connectivity index (χ1n) is 9.76. The summed E-state index contributed by atoms with van der Waals surface area (Å²) in [6.07, 6.45) is 0. The maximum absolute atomic E-state index is 13.1. The molecule has 2 saturated heterocycles. The van der Waals surface area contributed by atoms with Gasteiger partial charge in [-0.2, -0.15) is 0 Å². The van der Waals surface area contributed by atoms with Crippen LogP contribution >= 0.6 is 0 Å². The number of piperazine rings is 1. The topological polar surface area (TPSA) is 65.1 Å². The van der Waals surface area contributed by atoms with Crippen LogP contribution < -0.4 is 26.0 Å². The molecule has 4 rings (SSSR count). The van der Waals surface area contributed by atoms with Crippen molar-refractivity contribution < 1.29 is 9.13 Å². The quantitative estimate of drug-likeness (QED) is 0.723. The van der Waals surface area contributed by atoms with Gasteiger partial charge in [0.15, 0.2) is 0 Å². The van der Waals surface area contributed by atoms with E-state index in [0.29, 0.717) is 31.0 Å². The van der Waals surface area contributed by atoms with Crippen molar-refractivity contribution in [1.82, 2.24) is 4.90 Å². The molecule has 28 heavy (non-hydrogen) atoms. The average Bonchev–Trinajstić information content (AvgIpc) is 2.74. The molecule has 2 aliphatic heterocycles. The van der Waals surface area contributed by atoms with Gasteiger partial charge in [-0.3, -0.25) is 14.5 Å². The summed E-state index contributed by atoms with van der Waals surface area (Å²) in [5, 5.41) is 3.17. The Morgan fingerprint density at radius 3 is 2.21 bits per heavy atom. The lowest BCUT2D eigenvalue weighted by molar-refractivity contribution is 0.0398. The zero-order chi connectivity index (χ0) is 19.5. The number of rotatable bonds is 6. The van der Waals surface area contributed by atoms with Crippen molar-refractivity contribution in [3.05, 3.63) is 50.5 Å². The molecule has 150 valence electrons. The highest BCUT2D eigenvalue weighted by molar-refractivity contribution is 5.75. The first-order chi connectivity index (χ1) is 13.6. The van der Waals surface area contributed by atoms with E-state index in [-0.39, 0.29) is 5.82 Å². The molecule has 0 aromatic heterocycles. The van der Waals surface area contributed by atoms with Gasteiger partial charge in [-0.15, -0.1) is 0 Å². The van der Waals surface area contributed by atoms with Crippen molar-refractivity contribution in [2.75, 3.05) is 80.7 Å². The predicted molar refractivity (Wildman–Crippen MR) is 108 cm³/mol. The number of benzene rings is 1. The Labute approximate surface area is 163 Å². The van der Waals surface area contributed by atoms with Crippen LogP contribution in [0.5, 0.6) is 0 Å². The highest BCUT2D eigenvalue weighted by Crippen LogP contribution is 2.23. The van der Waals surface area contributed by atoms with Crippen molar-refractivity contribution in [1.29, 1.82) is 0 Å². The average molecular weight is 388 g/mol. The van der Waals surface area contributed by atoms with Gasteiger partial charge < -0.3 is 19.9 Å². The van der Waals surface area contributed by atoms with E-state index in [2.05, 4.69) is 15.1 Å². The van der Waals surface area contributed by atoms with E-state index in [4.69, 9.17) is 4.74 Å². The SMILES string of the molecule is O=c1c(NCCN2CCOCC2)c(N2CCN(c3ccc(F)cc3)CC2)c1=O. The molecule has 0 unspecified atom stereocenters. The molecule has 2 heterocycles. The van der Waals surface area contributed by atoms with Gasteiger partial charge in [0.05, 0.1) is 13.2 Å². The number of ether oxygens (including phenoxy) is 1. The first-order valence-corrected chi connectivity index (χ1v) is 9.76. The number of nitrogens with one attached hydrogen (secondary N) is 1. The van der Waals surface area contributed by atoms with Crippen LogP contribution in [-0.4, -0.2) is 70.5 Å². The Kier molecular flexibility index (Phi) is 5.59. The molecule has 0 bridgehead atoms. The number of nitrogens with zero attached hydrogens (tertiary/aromatic N) is 3. The van der Waals surface area contributed by atoms with E-state index < -0.39 is 10.9 Å². The minimum absolute atomic E-state index is 0.251. The van der Waals surface area contributed by atoms with Gasteiger partial charge in [-0.1, -0.05) is 0 Å². The molecule has 2 aromatic carbocycles. The van der Waals surface area contributed by atoms with Crippen LogP contribution in [0.1, 0.15) is 0 Å². The molecule has 2 aromatic rings. The fourth-order valence-corrected chi connectivity index (χ4v) is 3.85. The smallest absolute Gasteiger partial charge is 0.253 e. The van der Waals surface area contributed by atoms with Crippen LogP contribution in [-0.2, 0) is 4.74 Å². The lowest BCUT2D eigenvalue weighted by Gasteiger charge is -2.38. The van der Waals surface area contributed by atoms with Gasteiger partial charge in [-0.05, 0) is 24.3 Å². The summed E-state index contributed by atoms with van der Waals surface area (Å²) in [6.45, 7) is 7.47. The minimum Gasteiger partial charge on any atom is -0.379 e. The van der Waals surface area contributed by atoms with Gasteiger partial charge >= 0.3 is 0 Å². The number of morpholine rings is 1. The van der Waals surface area contributed by atoms with Crippen LogP contribution in [0, 0.1) is 5.82 Å². The number of anilines is 3. The third-order valence-electron chi connectivity index (χ3n) is 5.51. The van der Waals surface area contributed by atoms with E-state index in [1.165, 1.54) is 12.1 Å². The summed E-state index contributed by atoms with van der Waals surface area (Å²) in [5.74, 6) is -0.251. The van der Waals surface area contributed by atoms with Crippen LogP contribution in [0.3, 0.4) is 0 Å². The maximum Gasteiger partial charge on any atom is 0.253 e. The Hall–Kier alpha value is -2.45. The van der Waals surface area contributed by atoms with Crippen LogP contribution in [0.2, 0.25) is 0 Å². The molecule has 0 amide bonds. The molecular weight excluding hydrogens is 363 g/mol. The highest BCUT2D eigenvalue weighted by atomic mass is 19.1. The number of hydrogen-bond donors (Lipinski definition) is 1. The molecule has 7 nitrogen and oxygen atoms in total. The molecule has 2 aliphatic rings. The minimum atomic E-state index is -0.419. The molecule has 8 heteroatoms. The second-order valence-electron chi connectivity index (χ2n) is 7.21. The number of hydrogen-bond acceptors (Lipinski definition) is 7. The van der Waals surface area contributed by atoms with Crippen LogP contribution in [0.4, 0.5) is 21.5 Å². The van der Waals surface area contributed by atoms with E-state index >= 15 is 0 Å². The lowest BCUT2D eigenvalue weighted by Crippen LogP contribution is -2.52. The maximum atomic E-state index is 13.1. The zero-order valence-electron chi connectivity index (χ0n) is 15.8.